The fourth-order valence-corrected chi connectivity index (χ4v) is 2.26. The lowest BCUT2D eigenvalue weighted by Crippen LogP contribution is -2.17. The quantitative estimate of drug-likeness (QED) is 0.620. The van der Waals surface area contributed by atoms with Gasteiger partial charge < -0.3 is 14.4 Å². The third-order valence-electron chi connectivity index (χ3n) is 3.45. The van der Waals surface area contributed by atoms with Crippen LogP contribution in [0.25, 0.3) is 0 Å². The number of allylic oxidation sites excluding steroid dienone is 1. The van der Waals surface area contributed by atoms with E-state index >= 15 is 0 Å². The molecule has 0 radical (unpaired) electrons. The highest BCUT2D eigenvalue weighted by Gasteiger charge is 2.16. The Morgan fingerprint density at radius 1 is 1.27 bits per heavy atom. The van der Waals surface area contributed by atoms with Crippen molar-refractivity contribution in [1.29, 1.82) is 0 Å². The zero-order chi connectivity index (χ0) is 15.8. The molecule has 1 aromatic carbocycles. The maximum absolute atomic E-state index is 11.4. The highest BCUT2D eigenvalue weighted by Crippen LogP contribution is 2.27. The molecule has 116 valence electrons. The molecule has 1 aromatic rings. The van der Waals surface area contributed by atoms with Crippen molar-refractivity contribution in [1.82, 2.24) is 4.90 Å². The number of amides is 1. The van der Waals surface area contributed by atoms with Crippen molar-refractivity contribution in [2.24, 2.45) is 0 Å². The monoisotopic (exact) mass is 299 g/mol. The first-order chi connectivity index (χ1) is 10.7. The molecule has 22 heavy (non-hydrogen) atoms. The van der Waals surface area contributed by atoms with Gasteiger partial charge in [0.1, 0.15) is 0 Å². The van der Waals surface area contributed by atoms with E-state index in [-0.39, 0.29) is 5.91 Å². The summed E-state index contributed by atoms with van der Waals surface area (Å²) >= 11 is 0. The number of carbonyl (C=O) groups excluding carboxylic acids is 1. The molecule has 1 fully saturated rings. The normalized spacial score (nSPS) is 14.1. The molecule has 0 aliphatic carbocycles. The number of hydrogen-bond acceptors (Lipinski definition) is 3. The summed E-state index contributed by atoms with van der Waals surface area (Å²) in [5.41, 5.74) is 0.899. The minimum Gasteiger partial charge on any atom is -0.493 e. The van der Waals surface area contributed by atoms with Gasteiger partial charge >= 0.3 is 0 Å². The van der Waals surface area contributed by atoms with Gasteiger partial charge in [-0.2, -0.15) is 0 Å². The van der Waals surface area contributed by atoms with Crippen molar-refractivity contribution >= 4 is 5.91 Å². The number of carbonyl (C=O) groups is 1. The highest BCUT2D eigenvalue weighted by atomic mass is 16.5. The Hall–Kier alpha value is -2.41. The molecule has 0 atom stereocenters. The van der Waals surface area contributed by atoms with Crippen LogP contribution in [0.4, 0.5) is 0 Å². The van der Waals surface area contributed by atoms with Crippen LogP contribution < -0.4 is 9.47 Å². The number of ether oxygens (including phenoxy) is 2. The average Bonchev–Trinajstić information content (AvgIpc) is 2.95. The summed E-state index contributed by atoms with van der Waals surface area (Å²) < 4.78 is 10.4. The van der Waals surface area contributed by atoms with E-state index in [1.54, 1.807) is 19.1 Å². The van der Waals surface area contributed by atoms with Gasteiger partial charge in [0.05, 0.1) is 14.2 Å². The molecule has 0 saturated carbocycles. The van der Waals surface area contributed by atoms with E-state index in [1.807, 2.05) is 30.5 Å². The van der Waals surface area contributed by atoms with Crippen molar-refractivity contribution in [2.45, 2.75) is 25.7 Å². The van der Waals surface area contributed by atoms with Crippen molar-refractivity contribution in [3.63, 3.8) is 0 Å². The molecule has 1 aliphatic heterocycles. The number of benzene rings is 1. The lowest BCUT2D eigenvalue weighted by Gasteiger charge is -2.07. The molecular formula is C18H21NO3. The van der Waals surface area contributed by atoms with Gasteiger partial charge in [-0.25, -0.2) is 0 Å². The number of likely N-dealkylation sites (tertiary alicyclic amines) is 1. The summed E-state index contributed by atoms with van der Waals surface area (Å²) in [4.78, 5) is 13.2. The second-order valence-electron chi connectivity index (χ2n) is 4.99. The highest BCUT2D eigenvalue weighted by molar-refractivity contribution is 5.79. The van der Waals surface area contributed by atoms with Gasteiger partial charge in [-0.3, -0.25) is 4.79 Å². The molecule has 1 saturated heterocycles. The Morgan fingerprint density at radius 3 is 2.77 bits per heavy atom. The van der Waals surface area contributed by atoms with Crippen LogP contribution in [-0.4, -0.2) is 31.6 Å². The maximum atomic E-state index is 11.4. The van der Waals surface area contributed by atoms with Crippen LogP contribution in [-0.2, 0) is 4.79 Å². The summed E-state index contributed by atoms with van der Waals surface area (Å²) in [6.07, 6.45) is 7.11. The fraction of sp³-hybridized carbons (Fsp3) is 0.389. The number of methoxy groups -OCH3 is 2. The zero-order valence-electron chi connectivity index (χ0n) is 13.1. The molecule has 1 aliphatic rings. The van der Waals surface area contributed by atoms with E-state index in [2.05, 4.69) is 11.8 Å². The second-order valence-corrected chi connectivity index (χ2v) is 4.99. The van der Waals surface area contributed by atoms with Crippen LogP contribution in [0.3, 0.4) is 0 Å². The van der Waals surface area contributed by atoms with Gasteiger partial charge in [0, 0.05) is 31.1 Å². The van der Waals surface area contributed by atoms with E-state index in [4.69, 9.17) is 9.47 Å². The van der Waals surface area contributed by atoms with Gasteiger partial charge in [-0.1, -0.05) is 17.9 Å². The molecule has 0 spiro atoms. The van der Waals surface area contributed by atoms with Crippen LogP contribution in [0.1, 0.15) is 31.2 Å². The zero-order valence-corrected chi connectivity index (χ0v) is 13.1. The summed E-state index contributed by atoms with van der Waals surface area (Å²) in [7, 11) is 3.22. The van der Waals surface area contributed by atoms with E-state index < -0.39 is 0 Å². The molecule has 0 N–H and O–H groups in total. The molecule has 4 heteroatoms. The van der Waals surface area contributed by atoms with E-state index in [9.17, 15) is 4.79 Å². The largest absolute Gasteiger partial charge is 0.493 e. The van der Waals surface area contributed by atoms with Gasteiger partial charge in [-0.15, -0.1) is 0 Å². The Bertz CT molecular complexity index is 610. The van der Waals surface area contributed by atoms with E-state index in [1.165, 1.54) is 0 Å². The fourth-order valence-electron chi connectivity index (χ4n) is 2.26. The first kappa shape index (κ1) is 16.0. The van der Waals surface area contributed by atoms with Crippen LogP contribution in [0.15, 0.2) is 30.5 Å². The Morgan fingerprint density at radius 2 is 2.09 bits per heavy atom. The maximum Gasteiger partial charge on any atom is 0.226 e. The standard InChI is InChI=1S/C18H21NO3/c1-21-16-11-10-15(14-17(16)22-2)8-5-3-4-6-12-19-13-7-9-18(19)20/h6,10-12,14H,3-4,7,9,13H2,1-2H3/b12-6+. The molecule has 0 bridgehead atoms. The molecule has 4 nitrogen and oxygen atoms in total. The minimum atomic E-state index is 0.215. The van der Waals surface area contributed by atoms with Crippen molar-refractivity contribution in [3.05, 3.63) is 36.0 Å². The molecular weight excluding hydrogens is 278 g/mol. The third-order valence-corrected chi connectivity index (χ3v) is 3.45. The topological polar surface area (TPSA) is 38.8 Å². The molecule has 0 aromatic heterocycles. The average molecular weight is 299 g/mol. The number of unbranched alkanes of at least 4 members (excludes halogenated alkanes) is 1. The third kappa shape index (κ3) is 4.29. The lowest BCUT2D eigenvalue weighted by molar-refractivity contribution is -0.125. The summed E-state index contributed by atoms with van der Waals surface area (Å²) in [5, 5.41) is 0. The van der Waals surface area contributed by atoms with Crippen LogP contribution in [0.5, 0.6) is 11.5 Å². The summed E-state index contributed by atoms with van der Waals surface area (Å²) in [6.45, 7) is 0.840. The Kier molecular flexibility index (Phi) is 5.91. The summed E-state index contributed by atoms with van der Waals surface area (Å²) in [5.74, 6) is 7.83. The van der Waals surface area contributed by atoms with Crippen LogP contribution in [0, 0.1) is 11.8 Å². The number of rotatable bonds is 5. The molecule has 1 amide bonds. The van der Waals surface area contributed by atoms with Gasteiger partial charge in [0.15, 0.2) is 11.5 Å². The van der Waals surface area contributed by atoms with Crippen molar-refractivity contribution in [2.75, 3.05) is 20.8 Å². The predicted molar refractivity (Wildman–Crippen MR) is 85.7 cm³/mol. The smallest absolute Gasteiger partial charge is 0.226 e. The molecule has 2 rings (SSSR count). The Labute approximate surface area is 131 Å². The molecule has 0 unspecified atom stereocenters. The molecule has 1 heterocycles. The van der Waals surface area contributed by atoms with Gasteiger partial charge in [-0.05, 0) is 31.0 Å². The first-order valence-corrected chi connectivity index (χ1v) is 7.41. The van der Waals surface area contributed by atoms with E-state index in [0.717, 1.165) is 31.4 Å². The van der Waals surface area contributed by atoms with E-state index in [0.29, 0.717) is 17.9 Å². The second kappa shape index (κ2) is 8.14. The van der Waals surface area contributed by atoms with Crippen LogP contribution in [0.2, 0.25) is 0 Å². The SMILES string of the molecule is COc1ccc(C#CCC/C=C/N2CCCC2=O)cc1OC. The summed E-state index contributed by atoms with van der Waals surface area (Å²) in [6, 6.07) is 5.62. The lowest BCUT2D eigenvalue weighted by atomic mass is 10.2. The predicted octanol–water partition coefficient (Wildman–Crippen LogP) is 2.97. The van der Waals surface area contributed by atoms with Gasteiger partial charge in [0.2, 0.25) is 5.91 Å². The van der Waals surface area contributed by atoms with Crippen molar-refractivity contribution < 1.29 is 14.3 Å². The Balaban J connectivity index is 1.83. The van der Waals surface area contributed by atoms with Crippen molar-refractivity contribution in [3.8, 4) is 23.3 Å². The minimum absolute atomic E-state index is 0.215. The number of hydrogen-bond donors (Lipinski definition) is 0. The van der Waals surface area contributed by atoms with Gasteiger partial charge in [0.25, 0.3) is 0 Å². The first-order valence-electron chi connectivity index (χ1n) is 7.41. The van der Waals surface area contributed by atoms with Crippen LogP contribution >= 0.6 is 0 Å². The number of nitrogens with zero attached hydrogens (tertiary/aromatic N) is 1.